The number of hydrogen-bond donors (Lipinski definition) is 1. The molecule has 2 atom stereocenters. The van der Waals surface area contributed by atoms with Gasteiger partial charge in [0.1, 0.15) is 5.75 Å². The molecular weight excluding hydrogens is 228 g/mol. The molecule has 0 bridgehead atoms. The summed E-state index contributed by atoms with van der Waals surface area (Å²) in [6.07, 6.45) is 0.871. The van der Waals surface area contributed by atoms with Gasteiger partial charge in [-0.1, -0.05) is 12.1 Å². The zero-order chi connectivity index (χ0) is 13.1. The van der Waals surface area contributed by atoms with Gasteiger partial charge in [-0.2, -0.15) is 0 Å². The molecule has 2 rings (SSSR count). The summed E-state index contributed by atoms with van der Waals surface area (Å²) in [5, 5.41) is 0. The number of nitrogens with two attached hydrogens (primary N) is 1. The monoisotopic (exact) mass is 248 g/mol. The molecule has 4 heteroatoms. The van der Waals surface area contributed by atoms with Crippen molar-refractivity contribution in [1.29, 1.82) is 0 Å². The van der Waals surface area contributed by atoms with Gasteiger partial charge in [-0.25, -0.2) is 0 Å². The van der Waals surface area contributed by atoms with Crippen LogP contribution in [0, 0.1) is 5.92 Å². The Morgan fingerprint density at radius 3 is 2.61 bits per heavy atom. The molecule has 1 amide bonds. The summed E-state index contributed by atoms with van der Waals surface area (Å²) in [7, 11) is 1.66. The average molecular weight is 248 g/mol. The average Bonchev–Trinajstić information content (AvgIpc) is 2.88. The first kappa shape index (κ1) is 12.9. The van der Waals surface area contributed by atoms with Gasteiger partial charge in [-0.15, -0.1) is 0 Å². The molecule has 0 saturated carbocycles. The Labute approximate surface area is 108 Å². The van der Waals surface area contributed by atoms with E-state index < -0.39 is 0 Å². The van der Waals surface area contributed by atoms with E-state index in [1.165, 1.54) is 5.56 Å². The molecule has 1 saturated heterocycles. The fourth-order valence-corrected chi connectivity index (χ4v) is 2.46. The van der Waals surface area contributed by atoms with Crippen LogP contribution in [0.25, 0.3) is 0 Å². The van der Waals surface area contributed by atoms with Crippen LogP contribution < -0.4 is 10.5 Å². The van der Waals surface area contributed by atoms with Crippen LogP contribution in [-0.4, -0.2) is 31.0 Å². The molecular formula is C14H20N2O2. The summed E-state index contributed by atoms with van der Waals surface area (Å²) in [4.78, 5) is 13.5. The second kappa shape index (κ2) is 5.40. The van der Waals surface area contributed by atoms with Crippen molar-refractivity contribution >= 4 is 5.91 Å². The normalized spacial score (nSPS) is 21.8. The molecule has 1 fully saturated rings. The van der Waals surface area contributed by atoms with Crippen molar-refractivity contribution in [3.05, 3.63) is 29.8 Å². The molecule has 2 N–H and O–H groups in total. The number of primary amides is 1. The Morgan fingerprint density at radius 2 is 2.11 bits per heavy atom. The second-order valence-electron chi connectivity index (χ2n) is 4.83. The number of nitrogens with zero attached hydrogens (tertiary/aromatic N) is 1. The number of methoxy groups -OCH3 is 1. The quantitative estimate of drug-likeness (QED) is 0.879. The van der Waals surface area contributed by atoms with E-state index in [1.54, 1.807) is 7.11 Å². The van der Waals surface area contributed by atoms with Gasteiger partial charge in [0, 0.05) is 12.6 Å². The molecule has 0 radical (unpaired) electrons. The lowest BCUT2D eigenvalue weighted by Gasteiger charge is -2.24. The Morgan fingerprint density at radius 1 is 1.44 bits per heavy atom. The first-order chi connectivity index (χ1) is 8.61. The Balaban J connectivity index is 2.02. The van der Waals surface area contributed by atoms with Crippen LogP contribution in [0.2, 0.25) is 0 Å². The molecule has 1 heterocycles. The Kier molecular flexibility index (Phi) is 3.87. The summed E-state index contributed by atoms with van der Waals surface area (Å²) in [5.41, 5.74) is 6.59. The number of benzene rings is 1. The molecule has 1 aromatic rings. The van der Waals surface area contributed by atoms with Gasteiger partial charge in [0.25, 0.3) is 0 Å². The number of ether oxygens (including phenoxy) is 1. The number of amides is 1. The van der Waals surface area contributed by atoms with Gasteiger partial charge in [-0.3, -0.25) is 9.69 Å². The molecule has 2 unspecified atom stereocenters. The lowest BCUT2D eigenvalue weighted by molar-refractivity contribution is -0.121. The zero-order valence-corrected chi connectivity index (χ0v) is 10.9. The molecule has 0 spiro atoms. The SMILES string of the molecule is COc1ccc(C(C)N2CCC(C(N)=O)C2)cc1. The summed E-state index contributed by atoms with van der Waals surface area (Å²) in [5.74, 6) is 0.688. The number of likely N-dealkylation sites (tertiary alicyclic amines) is 1. The second-order valence-corrected chi connectivity index (χ2v) is 4.83. The third-order valence-corrected chi connectivity index (χ3v) is 3.77. The van der Waals surface area contributed by atoms with Crippen LogP contribution in [0.3, 0.4) is 0 Å². The van der Waals surface area contributed by atoms with E-state index in [9.17, 15) is 4.79 Å². The van der Waals surface area contributed by atoms with Gasteiger partial charge in [-0.05, 0) is 37.6 Å². The van der Waals surface area contributed by atoms with Crippen LogP contribution in [0.4, 0.5) is 0 Å². The molecule has 98 valence electrons. The van der Waals surface area contributed by atoms with Crippen LogP contribution in [-0.2, 0) is 4.79 Å². The summed E-state index contributed by atoms with van der Waals surface area (Å²) < 4.78 is 5.15. The topological polar surface area (TPSA) is 55.6 Å². The number of carbonyl (C=O) groups is 1. The minimum atomic E-state index is -0.181. The van der Waals surface area contributed by atoms with Gasteiger partial charge >= 0.3 is 0 Å². The third kappa shape index (κ3) is 2.64. The maximum Gasteiger partial charge on any atom is 0.221 e. The summed E-state index contributed by atoms with van der Waals surface area (Å²) in [6, 6.07) is 8.38. The van der Waals surface area contributed by atoms with Gasteiger partial charge in [0.15, 0.2) is 0 Å². The van der Waals surface area contributed by atoms with Crippen molar-refractivity contribution in [3.63, 3.8) is 0 Å². The maximum atomic E-state index is 11.2. The van der Waals surface area contributed by atoms with Crippen LogP contribution >= 0.6 is 0 Å². The van der Waals surface area contributed by atoms with E-state index in [0.717, 1.165) is 25.3 Å². The number of rotatable bonds is 4. The molecule has 4 nitrogen and oxygen atoms in total. The predicted molar refractivity (Wildman–Crippen MR) is 70.3 cm³/mol. The largest absolute Gasteiger partial charge is 0.497 e. The highest BCUT2D eigenvalue weighted by molar-refractivity contribution is 5.77. The van der Waals surface area contributed by atoms with Crippen molar-refractivity contribution in [2.75, 3.05) is 20.2 Å². The fourth-order valence-electron chi connectivity index (χ4n) is 2.46. The standard InChI is InChI=1S/C14H20N2O2/c1-10(11-3-5-13(18-2)6-4-11)16-8-7-12(9-16)14(15)17/h3-6,10,12H,7-9H2,1-2H3,(H2,15,17). The van der Waals surface area contributed by atoms with Crippen molar-refractivity contribution in [2.45, 2.75) is 19.4 Å². The summed E-state index contributed by atoms with van der Waals surface area (Å²) >= 11 is 0. The fraction of sp³-hybridized carbons (Fsp3) is 0.500. The van der Waals surface area contributed by atoms with Crippen LogP contribution in [0.5, 0.6) is 5.75 Å². The Hall–Kier alpha value is -1.55. The van der Waals surface area contributed by atoms with E-state index in [2.05, 4.69) is 24.0 Å². The van der Waals surface area contributed by atoms with Crippen LogP contribution in [0.15, 0.2) is 24.3 Å². The molecule has 1 aliphatic rings. The summed E-state index contributed by atoms with van der Waals surface area (Å²) in [6.45, 7) is 3.86. The smallest absolute Gasteiger partial charge is 0.221 e. The van der Waals surface area contributed by atoms with Gasteiger partial charge in [0.2, 0.25) is 5.91 Å². The molecule has 1 aromatic carbocycles. The highest BCUT2D eigenvalue weighted by Gasteiger charge is 2.29. The van der Waals surface area contributed by atoms with Crippen molar-refractivity contribution in [2.24, 2.45) is 11.7 Å². The predicted octanol–water partition coefficient (Wildman–Crippen LogP) is 1.56. The zero-order valence-electron chi connectivity index (χ0n) is 10.9. The van der Waals surface area contributed by atoms with Crippen molar-refractivity contribution < 1.29 is 9.53 Å². The number of carbonyl (C=O) groups excluding carboxylic acids is 1. The van der Waals surface area contributed by atoms with E-state index in [1.807, 2.05) is 12.1 Å². The van der Waals surface area contributed by atoms with Crippen molar-refractivity contribution in [3.8, 4) is 5.75 Å². The minimum absolute atomic E-state index is 0.00528. The third-order valence-electron chi connectivity index (χ3n) is 3.77. The highest BCUT2D eigenvalue weighted by atomic mass is 16.5. The lowest BCUT2D eigenvalue weighted by Crippen LogP contribution is -2.29. The van der Waals surface area contributed by atoms with Gasteiger partial charge in [0.05, 0.1) is 13.0 Å². The molecule has 0 aromatic heterocycles. The maximum absolute atomic E-state index is 11.2. The van der Waals surface area contributed by atoms with E-state index in [-0.39, 0.29) is 11.8 Å². The first-order valence-electron chi connectivity index (χ1n) is 6.29. The highest BCUT2D eigenvalue weighted by Crippen LogP contribution is 2.28. The lowest BCUT2D eigenvalue weighted by atomic mass is 10.1. The molecule has 0 aliphatic carbocycles. The molecule has 1 aliphatic heterocycles. The number of hydrogen-bond acceptors (Lipinski definition) is 3. The van der Waals surface area contributed by atoms with Crippen LogP contribution in [0.1, 0.15) is 24.9 Å². The van der Waals surface area contributed by atoms with E-state index in [0.29, 0.717) is 6.04 Å². The first-order valence-corrected chi connectivity index (χ1v) is 6.29. The van der Waals surface area contributed by atoms with E-state index in [4.69, 9.17) is 10.5 Å². The Bertz CT molecular complexity index is 416. The minimum Gasteiger partial charge on any atom is -0.497 e. The van der Waals surface area contributed by atoms with E-state index >= 15 is 0 Å². The van der Waals surface area contributed by atoms with Gasteiger partial charge < -0.3 is 10.5 Å². The van der Waals surface area contributed by atoms with Crippen molar-refractivity contribution in [1.82, 2.24) is 4.90 Å². The molecule has 18 heavy (non-hydrogen) atoms.